The maximum absolute atomic E-state index is 13.5. The number of nitrogens with one attached hydrogen (secondary N) is 2. The van der Waals surface area contributed by atoms with Crippen molar-refractivity contribution < 1.29 is 13.9 Å². The molecule has 1 aromatic rings. The van der Waals surface area contributed by atoms with Crippen LogP contribution in [-0.4, -0.2) is 25.6 Å². The van der Waals surface area contributed by atoms with Gasteiger partial charge in [-0.2, -0.15) is 0 Å². The second-order valence-corrected chi connectivity index (χ2v) is 4.69. The van der Waals surface area contributed by atoms with E-state index in [0.29, 0.717) is 6.54 Å². The molecule has 1 aliphatic rings. The monoisotopic (exact) mass is 266 g/mol. The predicted octanol–water partition coefficient (Wildman–Crippen LogP) is 1.59. The number of carbonyl (C=O) groups excluding carboxylic acids is 1. The molecule has 1 aliphatic heterocycles. The van der Waals surface area contributed by atoms with E-state index in [1.807, 2.05) is 0 Å². The molecule has 1 fully saturated rings. The second kappa shape index (κ2) is 6.52. The topological polar surface area (TPSA) is 50.4 Å². The molecular formula is C14H19FN2O2. The molecule has 5 heteroatoms. The van der Waals surface area contributed by atoms with Gasteiger partial charge in [0, 0.05) is 13.1 Å². The average Bonchev–Trinajstić information content (AvgIpc) is 2.61. The molecule has 1 aromatic carbocycles. The Morgan fingerprint density at radius 1 is 1.47 bits per heavy atom. The first kappa shape index (κ1) is 13.8. The molecule has 1 heterocycles. The van der Waals surface area contributed by atoms with Gasteiger partial charge in [0.1, 0.15) is 0 Å². The summed E-state index contributed by atoms with van der Waals surface area (Å²) in [6.45, 7) is 1.22. The highest BCUT2D eigenvalue weighted by atomic mass is 19.1. The van der Waals surface area contributed by atoms with E-state index in [9.17, 15) is 9.18 Å². The largest absolute Gasteiger partial charge is 0.494 e. The molecule has 104 valence electrons. The maximum Gasteiger partial charge on any atom is 0.237 e. The van der Waals surface area contributed by atoms with Crippen LogP contribution in [0.1, 0.15) is 24.8 Å². The van der Waals surface area contributed by atoms with Crippen molar-refractivity contribution in [2.24, 2.45) is 0 Å². The van der Waals surface area contributed by atoms with Gasteiger partial charge < -0.3 is 15.4 Å². The first-order valence-electron chi connectivity index (χ1n) is 6.54. The van der Waals surface area contributed by atoms with Gasteiger partial charge in [0.15, 0.2) is 11.6 Å². The number of benzene rings is 1. The van der Waals surface area contributed by atoms with Gasteiger partial charge >= 0.3 is 0 Å². The van der Waals surface area contributed by atoms with E-state index in [-0.39, 0.29) is 23.5 Å². The zero-order valence-electron chi connectivity index (χ0n) is 11.0. The van der Waals surface area contributed by atoms with Gasteiger partial charge in [0.25, 0.3) is 0 Å². The van der Waals surface area contributed by atoms with Gasteiger partial charge in [-0.3, -0.25) is 4.79 Å². The predicted molar refractivity (Wildman–Crippen MR) is 70.4 cm³/mol. The first-order valence-corrected chi connectivity index (χ1v) is 6.54. The fourth-order valence-corrected chi connectivity index (χ4v) is 2.20. The third-order valence-corrected chi connectivity index (χ3v) is 3.30. The van der Waals surface area contributed by atoms with Crippen LogP contribution < -0.4 is 15.4 Å². The number of rotatable bonds is 4. The lowest BCUT2D eigenvalue weighted by molar-refractivity contribution is -0.122. The lowest BCUT2D eigenvalue weighted by atomic mass is 10.1. The Hall–Kier alpha value is -1.62. The molecule has 1 saturated heterocycles. The van der Waals surface area contributed by atoms with Crippen molar-refractivity contribution in [2.45, 2.75) is 31.8 Å². The number of methoxy groups -OCH3 is 1. The van der Waals surface area contributed by atoms with Crippen LogP contribution in [-0.2, 0) is 11.3 Å². The number of ether oxygens (including phenoxy) is 1. The van der Waals surface area contributed by atoms with E-state index < -0.39 is 0 Å². The summed E-state index contributed by atoms with van der Waals surface area (Å²) in [6.07, 6.45) is 2.86. The third-order valence-electron chi connectivity index (χ3n) is 3.30. The van der Waals surface area contributed by atoms with Crippen molar-refractivity contribution in [3.63, 3.8) is 0 Å². The average molecular weight is 266 g/mol. The van der Waals surface area contributed by atoms with Crippen LogP contribution in [0.25, 0.3) is 0 Å². The molecule has 1 atom stereocenters. The van der Waals surface area contributed by atoms with E-state index in [2.05, 4.69) is 10.6 Å². The summed E-state index contributed by atoms with van der Waals surface area (Å²) >= 11 is 0. The van der Waals surface area contributed by atoms with Crippen molar-refractivity contribution in [3.05, 3.63) is 29.6 Å². The summed E-state index contributed by atoms with van der Waals surface area (Å²) in [5.74, 6) is -0.116. The molecule has 0 radical (unpaired) electrons. The van der Waals surface area contributed by atoms with E-state index in [0.717, 1.165) is 31.4 Å². The highest BCUT2D eigenvalue weighted by Gasteiger charge is 2.19. The van der Waals surface area contributed by atoms with Crippen molar-refractivity contribution in [1.29, 1.82) is 0 Å². The van der Waals surface area contributed by atoms with E-state index in [4.69, 9.17) is 4.74 Å². The fraction of sp³-hybridized carbons (Fsp3) is 0.500. The summed E-state index contributed by atoms with van der Waals surface area (Å²) in [7, 11) is 1.44. The molecule has 0 spiro atoms. The summed E-state index contributed by atoms with van der Waals surface area (Å²) in [4.78, 5) is 11.7. The van der Waals surface area contributed by atoms with Crippen LogP contribution >= 0.6 is 0 Å². The number of hydrogen-bond donors (Lipinski definition) is 2. The second-order valence-electron chi connectivity index (χ2n) is 4.69. The third kappa shape index (κ3) is 3.67. The van der Waals surface area contributed by atoms with Gasteiger partial charge in [0.2, 0.25) is 5.91 Å². The normalized spacial score (nSPS) is 19.7. The van der Waals surface area contributed by atoms with Gasteiger partial charge in [-0.15, -0.1) is 0 Å². The van der Waals surface area contributed by atoms with Crippen LogP contribution in [0.4, 0.5) is 4.39 Å². The van der Waals surface area contributed by atoms with E-state index in [1.165, 1.54) is 13.2 Å². The quantitative estimate of drug-likeness (QED) is 0.870. The minimum absolute atomic E-state index is 0.0338. The molecule has 4 nitrogen and oxygen atoms in total. The summed E-state index contributed by atoms with van der Waals surface area (Å²) in [5, 5.41) is 6.04. The zero-order chi connectivity index (χ0) is 13.7. The maximum atomic E-state index is 13.5. The Morgan fingerprint density at radius 3 is 3.05 bits per heavy atom. The highest BCUT2D eigenvalue weighted by Crippen LogP contribution is 2.17. The molecule has 2 N–H and O–H groups in total. The van der Waals surface area contributed by atoms with Crippen LogP contribution in [0.5, 0.6) is 5.75 Å². The summed E-state index contributed by atoms with van der Waals surface area (Å²) < 4.78 is 18.4. The van der Waals surface area contributed by atoms with Gasteiger partial charge in [-0.05, 0) is 37.0 Å². The van der Waals surface area contributed by atoms with Gasteiger partial charge in [-0.1, -0.05) is 6.07 Å². The van der Waals surface area contributed by atoms with Crippen molar-refractivity contribution in [1.82, 2.24) is 10.6 Å². The van der Waals surface area contributed by atoms with Crippen LogP contribution in [0.15, 0.2) is 18.2 Å². The molecule has 0 aromatic heterocycles. The minimum Gasteiger partial charge on any atom is -0.494 e. The lowest BCUT2D eigenvalue weighted by Crippen LogP contribution is -2.42. The molecule has 0 saturated carbocycles. The Kier molecular flexibility index (Phi) is 4.74. The van der Waals surface area contributed by atoms with Crippen LogP contribution in [0.2, 0.25) is 0 Å². The van der Waals surface area contributed by atoms with Gasteiger partial charge in [-0.25, -0.2) is 4.39 Å². The molecule has 19 heavy (non-hydrogen) atoms. The Balaban J connectivity index is 1.94. The van der Waals surface area contributed by atoms with Crippen LogP contribution in [0.3, 0.4) is 0 Å². The van der Waals surface area contributed by atoms with Crippen molar-refractivity contribution >= 4 is 5.91 Å². The van der Waals surface area contributed by atoms with Crippen molar-refractivity contribution in [3.8, 4) is 5.75 Å². The van der Waals surface area contributed by atoms with Gasteiger partial charge in [0.05, 0.1) is 13.2 Å². The fourth-order valence-electron chi connectivity index (χ4n) is 2.20. The lowest BCUT2D eigenvalue weighted by Gasteiger charge is -2.15. The molecule has 0 unspecified atom stereocenters. The zero-order valence-corrected chi connectivity index (χ0v) is 11.0. The highest BCUT2D eigenvalue weighted by molar-refractivity contribution is 5.81. The Bertz CT molecular complexity index is 451. The number of amides is 1. The number of carbonyl (C=O) groups is 1. The molecule has 2 rings (SSSR count). The first-order chi connectivity index (χ1) is 9.20. The molecule has 1 amide bonds. The van der Waals surface area contributed by atoms with E-state index in [1.54, 1.807) is 12.1 Å². The molecule has 0 aliphatic carbocycles. The number of hydrogen-bond acceptors (Lipinski definition) is 3. The SMILES string of the molecule is COc1ccc(CN[C@H]2CCCCNC2=O)cc1F. The Morgan fingerprint density at radius 2 is 2.32 bits per heavy atom. The standard InChI is InChI=1S/C14H19FN2O2/c1-19-13-6-5-10(8-11(13)15)9-17-12-4-2-3-7-16-14(12)18/h5-6,8,12,17H,2-4,7,9H2,1H3,(H,16,18)/t12-/m0/s1. The summed E-state index contributed by atoms with van der Waals surface area (Å²) in [6, 6.07) is 4.64. The number of halogens is 1. The minimum atomic E-state index is -0.382. The molecular weight excluding hydrogens is 247 g/mol. The van der Waals surface area contributed by atoms with E-state index >= 15 is 0 Å². The van der Waals surface area contributed by atoms with Crippen molar-refractivity contribution in [2.75, 3.05) is 13.7 Å². The summed E-state index contributed by atoms with van der Waals surface area (Å²) in [5.41, 5.74) is 0.801. The Labute approximate surface area is 112 Å². The molecule has 0 bridgehead atoms. The van der Waals surface area contributed by atoms with Crippen LogP contribution in [0, 0.1) is 5.82 Å². The smallest absolute Gasteiger partial charge is 0.237 e.